The minimum absolute atomic E-state index is 0.0702. The highest BCUT2D eigenvalue weighted by atomic mass is 19.4. The molecule has 2 aromatic heterocycles. The van der Waals surface area contributed by atoms with E-state index < -0.39 is 29.6 Å². The van der Waals surface area contributed by atoms with Gasteiger partial charge in [0.25, 0.3) is 0 Å². The second kappa shape index (κ2) is 9.60. The van der Waals surface area contributed by atoms with Crippen LogP contribution in [0.25, 0.3) is 5.65 Å². The summed E-state index contributed by atoms with van der Waals surface area (Å²) in [7, 11) is 0. The largest absolute Gasteiger partial charge is 0.389 e. The highest BCUT2D eigenvalue weighted by Gasteiger charge is 2.31. The maximum absolute atomic E-state index is 14.0. The quantitative estimate of drug-likeness (QED) is 0.239. The molecule has 0 amide bonds. The van der Waals surface area contributed by atoms with Crippen LogP contribution in [0.3, 0.4) is 0 Å². The number of nitrogens with one attached hydrogen (secondary N) is 1. The van der Waals surface area contributed by atoms with Gasteiger partial charge in [0.1, 0.15) is 23.2 Å². The molecule has 0 spiro atoms. The van der Waals surface area contributed by atoms with Crippen LogP contribution in [0.15, 0.2) is 35.5 Å². The molecule has 0 fully saturated rings. The summed E-state index contributed by atoms with van der Waals surface area (Å²) in [6.45, 7) is 7.05. The molecule has 3 aromatic rings. The zero-order valence-corrected chi connectivity index (χ0v) is 19.5. The van der Waals surface area contributed by atoms with E-state index in [0.717, 1.165) is 5.56 Å². The molecule has 0 aliphatic carbocycles. The van der Waals surface area contributed by atoms with Crippen molar-refractivity contribution >= 4 is 17.2 Å². The fourth-order valence-electron chi connectivity index (χ4n) is 3.65. The lowest BCUT2D eigenvalue weighted by atomic mass is 9.88. The maximum Gasteiger partial charge on any atom is 0.389 e. The Hall–Kier alpha value is -3.17. The van der Waals surface area contributed by atoms with Gasteiger partial charge in [-0.15, -0.1) is 0 Å². The first-order chi connectivity index (χ1) is 15.8. The Kier molecular flexibility index (Phi) is 7.18. The molecule has 0 aliphatic heterocycles. The Morgan fingerprint density at radius 3 is 2.38 bits per heavy atom. The lowest BCUT2D eigenvalue weighted by Gasteiger charge is -2.23. The first-order valence-electron chi connectivity index (χ1n) is 10.8. The minimum Gasteiger partial charge on any atom is -0.382 e. The number of aryl methyl sites for hydroxylation is 2. The third-order valence-electron chi connectivity index (χ3n) is 5.55. The summed E-state index contributed by atoms with van der Waals surface area (Å²) in [5.74, 6) is -1.15. The summed E-state index contributed by atoms with van der Waals surface area (Å²) in [4.78, 5) is 8.92. The van der Waals surface area contributed by atoms with Crippen LogP contribution in [0.2, 0.25) is 0 Å². The molecular weight excluding hydrogens is 453 g/mol. The molecule has 0 atom stereocenters. The molecule has 1 aromatic carbocycles. The number of aromatic nitrogens is 2. The van der Waals surface area contributed by atoms with E-state index in [4.69, 9.17) is 5.73 Å². The Bertz CT molecular complexity index is 1190. The molecule has 3 N–H and O–H groups in total. The highest BCUT2D eigenvalue weighted by molar-refractivity contribution is 5.98. The number of benzene rings is 1. The Labute approximate surface area is 194 Å². The summed E-state index contributed by atoms with van der Waals surface area (Å²) >= 11 is 0. The summed E-state index contributed by atoms with van der Waals surface area (Å²) in [5.41, 5.74) is 8.43. The number of alkyl halides is 3. The van der Waals surface area contributed by atoms with E-state index in [-0.39, 0.29) is 30.9 Å². The van der Waals surface area contributed by atoms with E-state index in [2.05, 4.69) is 15.3 Å². The summed E-state index contributed by atoms with van der Waals surface area (Å²) in [5, 5.41) is 3.04. The molecule has 5 nitrogen and oxygen atoms in total. The summed E-state index contributed by atoms with van der Waals surface area (Å²) in [6, 6.07) is 5.49. The average Bonchev–Trinajstić information content (AvgIpc) is 3.05. The van der Waals surface area contributed by atoms with Gasteiger partial charge in [-0.05, 0) is 49.4 Å². The van der Waals surface area contributed by atoms with E-state index in [1.54, 1.807) is 37.4 Å². The molecule has 0 radical (unpaired) electrons. The molecule has 10 heteroatoms. The SMILES string of the molecule is Cc1cc(NCc2c(F)cccc2F)c2nc(C)c(C(N)=NCC(C)(C)CCC(F)(F)F)n2c1. The summed E-state index contributed by atoms with van der Waals surface area (Å²) < 4.78 is 67.6. The lowest BCUT2D eigenvalue weighted by Crippen LogP contribution is -2.24. The topological polar surface area (TPSA) is 67.7 Å². The first kappa shape index (κ1) is 25.5. The van der Waals surface area contributed by atoms with E-state index in [9.17, 15) is 22.0 Å². The third kappa shape index (κ3) is 6.03. The number of amidine groups is 1. The Balaban J connectivity index is 1.89. The molecule has 3 rings (SSSR count). The van der Waals surface area contributed by atoms with Crippen molar-refractivity contribution in [3.05, 3.63) is 64.6 Å². The molecule has 0 unspecified atom stereocenters. The van der Waals surface area contributed by atoms with E-state index in [0.29, 0.717) is 22.7 Å². The predicted molar refractivity (Wildman–Crippen MR) is 123 cm³/mol. The first-order valence-corrected chi connectivity index (χ1v) is 10.8. The number of halogens is 5. The number of imidazole rings is 1. The Morgan fingerprint density at radius 1 is 1.12 bits per heavy atom. The number of hydrogen-bond acceptors (Lipinski definition) is 3. The van der Waals surface area contributed by atoms with Crippen molar-refractivity contribution < 1.29 is 22.0 Å². The van der Waals surface area contributed by atoms with Crippen molar-refractivity contribution in [3.63, 3.8) is 0 Å². The van der Waals surface area contributed by atoms with Crippen LogP contribution in [0.5, 0.6) is 0 Å². The van der Waals surface area contributed by atoms with Crippen LogP contribution < -0.4 is 11.1 Å². The molecule has 0 saturated carbocycles. The van der Waals surface area contributed by atoms with Crippen LogP contribution >= 0.6 is 0 Å². The van der Waals surface area contributed by atoms with Gasteiger partial charge in [-0.25, -0.2) is 13.8 Å². The van der Waals surface area contributed by atoms with Crippen LogP contribution in [0.4, 0.5) is 27.6 Å². The molecule has 184 valence electrons. The molecule has 2 heterocycles. The van der Waals surface area contributed by atoms with Gasteiger partial charge >= 0.3 is 6.18 Å². The number of rotatable bonds is 8. The molecule has 0 bridgehead atoms. The van der Waals surface area contributed by atoms with Gasteiger partial charge in [0.05, 0.1) is 11.4 Å². The number of fused-ring (bicyclic) bond motifs is 1. The highest BCUT2D eigenvalue weighted by Crippen LogP contribution is 2.31. The van der Waals surface area contributed by atoms with E-state index >= 15 is 0 Å². The van der Waals surface area contributed by atoms with Gasteiger partial charge in [0, 0.05) is 31.3 Å². The van der Waals surface area contributed by atoms with Gasteiger partial charge in [0.2, 0.25) is 0 Å². The number of nitrogens with zero attached hydrogens (tertiary/aromatic N) is 3. The second-order valence-corrected chi connectivity index (χ2v) is 9.21. The van der Waals surface area contributed by atoms with Crippen molar-refractivity contribution in [1.82, 2.24) is 9.38 Å². The van der Waals surface area contributed by atoms with Crippen molar-refractivity contribution in [2.75, 3.05) is 11.9 Å². The average molecular weight is 482 g/mol. The van der Waals surface area contributed by atoms with Crippen molar-refractivity contribution in [3.8, 4) is 0 Å². The fraction of sp³-hybridized carbons (Fsp3) is 0.417. The predicted octanol–water partition coefficient (Wildman–Crippen LogP) is 5.92. The number of aliphatic imine (C=N–C) groups is 1. The molecule has 0 aliphatic rings. The second-order valence-electron chi connectivity index (χ2n) is 9.21. The van der Waals surface area contributed by atoms with Crippen molar-refractivity contribution in [2.45, 2.75) is 53.3 Å². The number of anilines is 1. The van der Waals surface area contributed by atoms with Crippen LogP contribution in [-0.4, -0.2) is 27.9 Å². The minimum atomic E-state index is -4.22. The normalized spacial score (nSPS) is 13.0. The van der Waals surface area contributed by atoms with E-state index in [1.165, 1.54) is 18.2 Å². The molecule has 0 saturated heterocycles. The van der Waals surface area contributed by atoms with Gasteiger partial charge in [-0.1, -0.05) is 19.9 Å². The maximum atomic E-state index is 14.0. The van der Waals surface area contributed by atoms with Crippen molar-refractivity contribution in [2.24, 2.45) is 16.1 Å². The fourth-order valence-corrected chi connectivity index (χ4v) is 3.65. The van der Waals surface area contributed by atoms with Gasteiger partial charge < -0.3 is 11.1 Å². The number of nitrogens with two attached hydrogens (primary N) is 1. The lowest BCUT2D eigenvalue weighted by molar-refractivity contribution is -0.139. The van der Waals surface area contributed by atoms with Crippen LogP contribution in [0.1, 0.15) is 49.2 Å². The molecular formula is C24H28F5N5. The van der Waals surface area contributed by atoms with Gasteiger partial charge in [-0.3, -0.25) is 9.39 Å². The smallest absolute Gasteiger partial charge is 0.382 e. The zero-order chi connectivity index (χ0) is 25.3. The monoisotopic (exact) mass is 481 g/mol. The standard InChI is InChI=1S/C24H28F5N5/c1-14-10-19(31-11-16-17(25)6-5-7-18(16)26)22-33-15(2)20(34(22)12-14)21(30)32-13-23(3,4)8-9-24(27,28)29/h5-7,10,12,31H,8-9,11,13H2,1-4H3,(H2,30,32). The number of pyridine rings is 1. The van der Waals surface area contributed by atoms with Crippen molar-refractivity contribution in [1.29, 1.82) is 0 Å². The molecule has 34 heavy (non-hydrogen) atoms. The Morgan fingerprint density at radius 2 is 1.76 bits per heavy atom. The van der Waals surface area contributed by atoms with E-state index in [1.807, 2.05) is 6.92 Å². The van der Waals surface area contributed by atoms with Gasteiger partial charge in [-0.2, -0.15) is 13.2 Å². The van der Waals surface area contributed by atoms with Crippen LogP contribution in [0, 0.1) is 30.9 Å². The van der Waals surface area contributed by atoms with Gasteiger partial charge in [0.15, 0.2) is 5.65 Å². The third-order valence-corrected chi connectivity index (χ3v) is 5.55. The van der Waals surface area contributed by atoms with Crippen LogP contribution in [-0.2, 0) is 6.54 Å². The summed E-state index contributed by atoms with van der Waals surface area (Å²) in [6.07, 6.45) is -3.38. The zero-order valence-electron chi connectivity index (χ0n) is 19.5. The number of hydrogen-bond donors (Lipinski definition) is 2.